The standard InChI is InChI=1S/C26H37N3O5S/c1-6-27-26(31)21(4)28(19-22-13-10-12-20(3)18-22)25(30)16-11-17-29(35(5,32)33)23-14-8-9-15-24(23)34-7-2/h8-10,12-15,18,21H,6-7,11,16-17,19H2,1-5H3,(H,27,31)/t21-/m1/s1. The zero-order valence-electron chi connectivity index (χ0n) is 21.3. The van der Waals surface area contributed by atoms with Crippen molar-refractivity contribution in [2.45, 2.75) is 53.1 Å². The maximum Gasteiger partial charge on any atom is 0.242 e. The summed E-state index contributed by atoms with van der Waals surface area (Å²) in [4.78, 5) is 27.4. The fourth-order valence-electron chi connectivity index (χ4n) is 3.83. The van der Waals surface area contributed by atoms with Crippen molar-refractivity contribution in [2.75, 3.05) is 30.3 Å². The third-order valence-electron chi connectivity index (χ3n) is 5.54. The number of hydrogen-bond acceptors (Lipinski definition) is 5. The summed E-state index contributed by atoms with van der Waals surface area (Å²) in [7, 11) is -3.60. The van der Waals surface area contributed by atoms with Crippen LogP contribution < -0.4 is 14.4 Å². The largest absolute Gasteiger partial charge is 0.492 e. The molecule has 2 aromatic rings. The van der Waals surface area contributed by atoms with Gasteiger partial charge in [-0.2, -0.15) is 0 Å². The van der Waals surface area contributed by atoms with Crippen molar-refractivity contribution in [1.29, 1.82) is 0 Å². The molecule has 0 bridgehead atoms. The van der Waals surface area contributed by atoms with Crippen molar-refractivity contribution in [1.82, 2.24) is 10.2 Å². The molecule has 8 nitrogen and oxygen atoms in total. The molecule has 192 valence electrons. The number of sulfonamides is 1. The molecule has 1 atom stereocenters. The third-order valence-corrected chi connectivity index (χ3v) is 6.72. The Labute approximate surface area is 209 Å². The summed E-state index contributed by atoms with van der Waals surface area (Å²) in [6.07, 6.45) is 1.52. The van der Waals surface area contributed by atoms with Crippen LogP contribution in [-0.2, 0) is 26.2 Å². The van der Waals surface area contributed by atoms with Crippen LogP contribution in [0.3, 0.4) is 0 Å². The molecule has 0 unspecified atom stereocenters. The number of aryl methyl sites for hydroxylation is 1. The van der Waals surface area contributed by atoms with Gasteiger partial charge in [-0.15, -0.1) is 0 Å². The summed E-state index contributed by atoms with van der Waals surface area (Å²) in [5.41, 5.74) is 2.44. The van der Waals surface area contributed by atoms with Gasteiger partial charge in [0.25, 0.3) is 0 Å². The van der Waals surface area contributed by atoms with E-state index in [2.05, 4.69) is 5.32 Å². The first kappa shape index (κ1) is 28.2. The Morgan fingerprint density at radius 1 is 1.09 bits per heavy atom. The second-order valence-corrected chi connectivity index (χ2v) is 10.3. The van der Waals surface area contributed by atoms with E-state index in [-0.39, 0.29) is 24.8 Å². The van der Waals surface area contributed by atoms with E-state index >= 15 is 0 Å². The quantitative estimate of drug-likeness (QED) is 0.451. The highest BCUT2D eigenvalue weighted by atomic mass is 32.2. The van der Waals surface area contributed by atoms with Gasteiger partial charge in [0.15, 0.2) is 0 Å². The van der Waals surface area contributed by atoms with E-state index in [0.29, 0.717) is 37.6 Å². The SMILES string of the molecule is CCNC(=O)[C@@H](C)N(Cc1cccc(C)c1)C(=O)CCCN(c1ccccc1OCC)S(C)(=O)=O. The van der Waals surface area contributed by atoms with E-state index in [0.717, 1.165) is 17.4 Å². The number of nitrogens with one attached hydrogen (secondary N) is 1. The van der Waals surface area contributed by atoms with E-state index < -0.39 is 16.1 Å². The number of rotatable bonds is 13. The number of benzene rings is 2. The van der Waals surface area contributed by atoms with Crippen LogP contribution in [-0.4, -0.2) is 57.1 Å². The first-order valence-corrected chi connectivity index (χ1v) is 13.8. The van der Waals surface area contributed by atoms with Crippen molar-refractivity contribution >= 4 is 27.5 Å². The molecule has 2 amide bonds. The maximum absolute atomic E-state index is 13.3. The van der Waals surface area contributed by atoms with Gasteiger partial charge in [-0.3, -0.25) is 13.9 Å². The summed E-state index contributed by atoms with van der Waals surface area (Å²) in [5, 5.41) is 2.78. The average Bonchev–Trinajstić information content (AvgIpc) is 2.80. The lowest BCUT2D eigenvalue weighted by atomic mass is 10.1. The molecular weight excluding hydrogens is 466 g/mol. The number of para-hydroxylation sites is 2. The minimum absolute atomic E-state index is 0.0956. The number of carbonyl (C=O) groups excluding carboxylic acids is 2. The Kier molecular flexibility index (Phi) is 10.6. The third kappa shape index (κ3) is 8.28. The van der Waals surface area contributed by atoms with Crippen LogP contribution in [0.1, 0.15) is 44.7 Å². The predicted molar refractivity (Wildman–Crippen MR) is 139 cm³/mol. The second kappa shape index (κ2) is 13.1. The lowest BCUT2D eigenvalue weighted by Crippen LogP contribution is -2.47. The molecule has 0 aliphatic carbocycles. The molecule has 0 radical (unpaired) electrons. The van der Waals surface area contributed by atoms with E-state index in [9.17, 15) is 18.0 Å². The fourth-order valence-corrected chi connectivity index (χ4v) is 4.80. The normalized spacial score (nSPS) is 12.0. The molecule has 9 heteroatoms. The number of nitrogens with zero attached hydrogens (tertiary/aromatic N) is 2. The smallest absolute Gasteiger partial charge is 0.242 e. The molecule has 0 spiro atoms. The van der Waals surface area contributed by atoms with Gasteiger partial charge in [-0.25, -0.2) is 8.42 Å². The van der Waals surface area contributed by atoms with Gasteiger partial charge in [0.1, 0.15) is 11.8 Å². The molecule has 35 heavy (non-hydrogen) atoms. The first-order chi connectivity index (χ1) is 16.6. The number of likely N-dealkylation sites (N-methyl/N-ethyl adjacent to an activating group) is 1. The number of ether oxygens (including phenoxy) is 1. The van der Waals surface area contributed by atoms with E-state index in [1.807, 2.05) is 45.0 Å². The molecule has 0 aliphatic rings. The van der Waals surface area contributed by atoms with Crippen molar-refractivity contribution in [3.63, 3.8) is 0 Å². The molecule has 0 fully saturated rings. The second-order valence-electron chi connectivity index (χ2n) is 8.42. The summed E-state index contributed by atoms with van der Waals surface area (Å²) < 4.78 is 32.0. The van der Waals surface area contributed by atoms with Gasteiger partial charge in [0, 0.05) is 26.1 Å². The van der Waals surface area contributed by atoms with E-state index in [1.54, 1.807) is 36.1 Å². The Hall–Kier alpha value is -3.07. The van der Waals surface area contributed by atoms with E-state index in [1.165, 1.54) is 4.31 Å². The molecule has 0 aromatic heterocycles. The maximum atomic E-state index is 13.3. The van der Waals surface area contributed by atoms with Gasteiger partial charge in [0.2, 0.25) is 21.8 Å². The monoisotopic (exact) mass is 503 g/mol. The van der Waals surface area contributed by atoms with Crippen LogP contribution >= 0.6 is 0 Å². The molecular formula is C26H37N3O5S. The van der Waals surface area contributed by atoms with Crippen LogP contribution in [0.2, 0.25) is 0 Å². The lowest BCUT2D eigenvalue weighted by molar-refractivity contribution is -0.140. The molecule has 1 N–H and O–H groups in total. The molecule has 2 aromatic carbocycles. The van der Waals surface area contributed by atoms with Crippen LogP contribution in [0.15, 0.2) is 48.5 Å². The molecule has 0 heterocycles. The van der Waals surface area contributed by atoms with Gasteiger partial charge >= 0.3 is 0 Å². The van der Waals surface area contributed by atoms with Crippen LogP contribution in [0, 0.1) is 6.92 Å². The van der Waals surface area contributed by atoms with Gasteiger partial charge < -0.3 is 15.0 Å². The summed E-state index contributed by atoms with van der Waals surface area (Å²) in [5.74, 6) is 0.0337. The first-order valence-electron chi connectivity index (χ1n) is 11.9. The van der Waals surface area contributed by atoms with Gasteiger partial charge in [0.05, 0.1) is 18.6 Å². The summed E-state index contributed by atoms with van der Waals surface area (Å²) in [6.45, 7) is 8.62. The van der Waals surface area contributed by atoms with Crippen LogP contribution in [0.5, 0.6) is 5.75 Å². The Bertz CT molecular complexity index is 1100. The molecule has 0 saturated heterocycles. The van der Waals surface area contributed by atoms with Crippen molar-refractivity contribution in [2.24, 2.45) is 0 Å². The minimum atomic E-state index is -3.60. The Balaban J connectivity index is 2.19. The fraction of sp³-hybridized carbons (Fsp3) is 0.462. The highest BCUT2D eigenvalue weighted by molar-refractivity contribution is 7.92. The Morgan fingerprint density at radius 2 is 1.80 bits per heavy atom. The zero-order valence-corrected chi connectivity index (χ0v) is 22.1. The number of amides is 2. The number of anilines is 1. The number of hydrogen-bond donors (Lipinski definition) is 1. The molecule has 2 rings (SSSR count). The van der Waals surface area contributed by atoms with Crippen LogP contribution in [0.4, 0.5) is 5.69 Å². The highest BCUT2D eigenvalue weighted by Crippen LogP contribution is 2.30. The van der Waals surface area contributed by atoms with Crippen LogP contribution in [0.25, 0.3) is 0 Å². The molecule has 0 saturated carbocycles. The van der Waals surface area contributed by atoms with Crippen molar-refractivity contribution in [3.8, 4) is 5.75 Å². The Morgan fingerprint density at radius 3 is 2.43 bits per heavy atom. The van der Waals surface area contributed by atoms with E-state index in [4.69, 9.17) is 4.74 Å². The highest BCUT2D eigenvalue weighted by Gasteiger charge is 2.27. The zero-order chi connectivity index (χ0) is 26.0. The number of carbonyl (C=O) groups is 2. The lowest BCUT2D eigenvalue weighted by Gasteiger charge is -2.29. The van der Waals surface area contributed by atoms with Crippen molar-refractivity contribution in [3.05, 3.63) is 59.7 Å². The summed E-state index contributed by atoms with van der Waals surface area (Å²) >= 11 is 0. The average molecular weight is 504 g/mol. The molecule has 0 aliphatic heterocycles. The van der Waals surface area contributed by atoms with Gasteiger partial charge in [-0.1, -0.05) is 42.0 Å². The topological polar surface area (TPSA) is 96.0 Å². The summed E-state index contributed by atoms with van der Waals surface area (Å²) in [6, 6.07) is 14.1. The van der Waals surface area contributed by atoms with Crippen molar-refractivity contribution < 1.29 is 22.7 Å². The van der Waals surface area contributed by atoms with Gasteiger partial charge in [-0.05, 0) is 51.8 Å². The minimum Gasteiger partial charge on any atom is -0.492 e. The predicted octanol–water partition coefficient (Wildman–Crippen LogP) is 3.49.